The first-order chi connectivity index (χ1) is 13.1. The standard InChI is InChI=1S/C20H23FN4O2/c21-16-11-15(16)20(27)24-9-4-10-25-13-23-18(17(25)12-24)19(26)22-8-7-14-5-2-1-3-6-14/h1-3,5-6,13,15-16H,4,7-12H2,(H,22,26)/t15-,16-/m1/s1. The van der Waals surface area contributed by atoms with Gasteiger partial charge in [-0.15, -0.1) is 0 Å². The van der Waals surface area contributed by atoms with E-state index in [1.807, 2.05) is 34.9 Å². The number of benzene rings is 1. The topological polar surface area (TPSA) is 67.2 Å². The van der Waals surface area contributed by atoms with Crippen molar-refractivity contribution in [1.29, 1.82) is 0 Å². The molecule has 1 N–H and O–H groups in total. The highest BCUT2D eigenvalue weighted by Gasteiger charge is 2.46. The number of rotatable bonds is 5. The molecule has 2 atom stereocenters. The summed E-state index contributed by atoms with van der Waals surface area (Å²) in [6.07, 6.45) is 2.48. The van der Waals surface area contributed by atoms with E-state index in [1.54, 1.807) is 11.2 Å². The van der Waals surface area contributed by atoms with Crippen LogP contribution in [0.1, 0.15) is 34.6 Å². The molecule has 2 heterocycles. The summed E-state index contributed by atoms with van der Waals surface area (Å²) >= 11 is 0. The van der Waals surface area contributed by atoms with Crippen molar-refractivity contribution in [2.75, 3.05) is 13.1 Å². The highest BCUT2D eigenvalue weighted by Crippen LogP contribution is 2.36. The number of hydrogen-bond donors (Lipinski definition) is 1. The van der Waals surface area contributed by atoms with Gasteiger partial charge in [0.15, 0.2) is 5.69 Å². The molecule has 1 saturated carbocycles. The van der Waals surface area contributed by atoms with E-state index in [1.165, 1.54) is 0 Å². The van der Waals surface area contributed by atoms with Crippen molar-refractivity contribution < 1.29 is 14.0 Å². The zero-order chi connectivity index (χ0) is 18.8. The van der Waals surface area contributed by atoms with Crippen molar-refractivity contribution in [1.82, 2.24) is 19.8 Å². The molecule has 7 heteroatoms. The molecular formula is C20H23FN4O2. The van der Waals surface area contributed by atoms with Crippen LogP contribution >= 0.6 is 0 Å². The zero-order valence-corrected chi connectivity index (χ0v) is 15.1. The Kier molecular flexibility index (Phi) is 4.92. The lowest BCUT2D eigenvalue weighted by molar-refractivity contribution is -0.133. The van der Waals surface area contributed by atoms with E-state index in [4.69, 9.17) is 0 Å². The fourth-order valence-corrected chi connectivity index (χ4v) is 3.54. The van der Waals surface area contributed by atoms with E-state index >= 15 is 0 Å². The summed E-state index contributed by atoms with van der Waals surface area (Å²) in [4.78, 5) is 31.0. The van der Waals surface area contributed by atoms with E-state index in [9.17, 15) is 14.0 Å². The maximum Gasteiger partial charge on any atom is 0.271 e. The number of imidazole rings is 1. The van der Waals surface area contributed by atoms with Gasteiger partial charge in [0.1, 0.15) is 6.17 Å². The van der Waals surface area contributed by atoms with E-state index in [2.05, 4.69) is 10.3 Å². The van der Waals surface area contributed by atoms with Crippen LogP contribution in [0.5, 0.6) is 0 Å². The second-order valence-electron chi connectivity index (χ2n) is 7.20. The molecule has 0 bridgehead atoms. The first-order valence-corrected chi connectivity index (χ1v) is 9.42. The van der Waals surface area contributed by atoms with Gasteiger partial charge in [0.2, 0.25) is 5.91 Å². The van der Waals surface area contributed by atoms with Crippen LogP contribution in [0.25, 0.3) is 0 Å². The molecule has 0 spiro atoms. The van der Waals surface area contributed by atoms with Crippen molar-refractivity contribution in [3.05, 3.63) is 53.6 Å². The summed E-state index contributed by atoms with van der Waals surface area (Å²) < 4.78 is 15.2. The van der Waals surface area contributed by atoms with Gasteiger partial charge in [-0.25, -0.2) is 9.37 Å². The monoisotopic (exact) mass is 370 g/mol. The van der Waals surface area contributed by atoms with Crippen LogP contribution < -0.4 is 5.32 Å². The van der Waals surface area contributed by atoms with Gasteiger partial charge in [0, 0.05) is 19.6 Å². The maximum absolute atomic E-state index is 13.3. The molecule has 2 aromatic rings. The molecular weight excluding hydrogens is 347 g/mol. The van der Waals surface area contributed by atoms with Crippen LogP contribution in [0, 0.1) is 5.92 Å². The summed E-state index contributed by atoms with van der Waals surface area (Å²) in [5.74, 6) is -0.876. The molecule has 2 aliphatic rings. The number of amides is 2. The molecule has 27 heavy (non-hydrogen) atoms. The Labute approximate surface area is 157 Å². The molecule has 142 valence electrons. The SMILES string of the molecule is O=C(NCCc1ccccc1)c1ncn2c1CN(C(=O)[C@@H]1C[C@H]1F)CCC2. The van der Waals surface area contributed by atoms with Gasteiger partial charge in [-0.2, -0.15) is 0 Å². The lowest BCUT2D eigenvalue weighted by Crippen LogP contribution is -2.34. The highest BCUT2D eigenvalue weighted by molar-refractivity contribution is 5.93. The number of fused-ring (bicyclic) bond motifs is 1. The van der Waals surface area contributed by atoms with Crippen LogP contribution in [0.3, 0.4) is 0 Å². The van der Waals surface area contributed by atoms with Crippen LogP contribution in [0.2, 0.25) is 0 Å². The van der Waals surface area contributed by atoms with Crippen molar-refractivity contribution >= 4 is 11.8 Å². The molecule has 2 amide bonds. The van der Waals surface area contributed by atoms with Gasteiger partial charge >= 0.3 is 0 Å². The summed E-state index contributed by atoms with van der Waals surface area (Å²) in [5, 5.41) is 2.91. The van der Waals surface area contributed by atoms with Gasteiger partial charge < -0.3 is 14.8 Å². The van der Waals surface area contributed by atoms with E-state index in [-0.39, 0.29) is 11.8 Å². The number of aryl methyl sites for hydroxylation is 1. The molecule has 1 aromatic heterocycles. The summed E-state index contributed by atoms with van der Waals surface area (Å²) in [5.41, 5.74) is 2.24. The largest absolute Gasteiger partial charge is 0.350 e. The Morgan fingerprint density at radius 3 is 2.74 bits per heavy atom. The number of nitrogens with one attached hydrogen (secondary N) is 1. The third-order valence-corrected chi connectivity index (χ3v) is 5.21. The van der Waals surface area contributed by atoms with Gasteiger partial charge in [-0.1, -0.05) is 30.3 Å². The molecule has 4 rings (SSSR count). The average molecular weight is 370 g/mol. The Balaban J connectivity index is 1.41. The van der Waals surface area contributed by atoms with Crippen molar-refractivity contribution in [2.45, 2.75) is 38.5 Å². The van der Waals surface area contributed by atoms with Crippen LogP contribution in [-0.4, -0.2) is 45.5 Å². The molecule has 1 fully saturated rings. The number of hydrogen-bond acceptors (Lipinski definition) is 3. The minimum atomic E-state index is -1.01. The Morgan fingerprint density at radius 2 is 2.00 bits per heavy atom. The smallest absolute Gasteiger partial charge is 0.271 e. The third-order valence-electron chi connectivity index (χ3n) is 5.21. The maximum atomic E-state index is 13.3. The molecule has 0 unspecified atom stereocenters. The summed E-state index contributed by atoms with van der Waals surface area (Å²) in [6, 6.07) is 9.95. The first-order valence-electron chi connectivity index (χ1n) is 9.42. The number of alkyl halides is 1. The summed E-state index contributed by atoms with van der Waals surface area (Å²) in [6.45, 7) is 2.11. The van der Waals surface area contributed by atoms with Gasteiger partial charge in [-0.05, 0) is 24.8 Å². The Bertz CT molecular complexity index is 836. The fraction of sp³-hybridized carbons (Fsp3) is 0.450. The number of halogens is 1. The number of nitrogens with zero attached hydrogens (tertiary/aromatic N) is 3. The molecule has 0 radical (unpaired) electrons. The van der Waals surface area contributed by atoms with Gasteiger partial charge in [-0.3, -0.25) is 9.59 Å². The fourth-order valence-electron chi connectivity index (χ4n) is 3.54. The number of carbonyl (C=O) groups excluding carboxylic acids is 2. The lowest BCUT2D eigenvalue weighted by Gasteiger charge is -2.20. The van der Waals surface area contributed by atoms with Crippen LogP contribution in [-0.2, 0) is 24.3 Å². The van der Waals surface area contributed by atoms with Crippen molar-refractivity contribution in [2.24, 2.45) is 5.92 Å². The molecule has 0 saturated heterocycles. The predicted octanol–water partition coefficient (Wildman–Crippen LogP) is 1.95. The third kappa shape index (κ3) is 3.86. The summed E-state index contributed by atoms with van der Waals surface area (Å²) in [7, 11) is 0. The minimum Gasteiger partial charge on any atom is -0.350 e. The van der Waals surface area contributed by atoms with Crippen molar-refractivity contribution in [3.63, 3.8) is 0 Å². The van der Waals surface area contributed by atoms with E-state index in [0.29, 0.717) is 38.3 Å². The van der Waals surface area contributed by atoms with Crippen LogP contribution in [0.4, 0.5) is 4.39 Å². The molecule has 6 nitrogen and oxygen atoms in total. The number of aromatic nitrogens is 2. The predicted molar refractivity (Wildman–Crippen MR) is 97.7 cm³/mol. The highest BCUT2D eigenvalue weighted by atomic mass is 19.1. The first kappa shape index (κ1) is 17.7. The van der Waals surface area contributed by atoms with E-state index in [0.717, 1.165) is 24.1 Å². The average Bonchev–Trinajstić information content (AvgIpc) is 3.34. The lowest BCUT2D eigenvalue weighted by atomic mass is 10.1. The van der Waals surface area contributed by atoms with Crippen LogP contribution in [0.15, 0.2) is 36.7 Å². The minimum absolute atomic E-state index is 0.146. The van der Waals surface area contributed by atoms with E-state index < -0.39 is 12.1 Å². The van der Waals surface area contributed by atoms with Gasteiger partial charge in [0.25, 0.3) is 5.91 Å². The second-order valence-corrected chi connectivity index (χ2v) is 7.20. The Morgan fingerprint density at radius 1 is 1.22 bits per heavy atom. The Hall–Kier alpha value is -2.70. The van der Waals surface area contributed by atoms with Crippen molar-refractivity contribution in [3.8, 4) is 0 Å². The quantitative estimate of drug-likeness (QED) is 0.875. The zero-order valence-electron chi connectivity index (χ0n) is 15.1. The number of carbonyl (C=O) groups is 2. The van der Waals surface area contributed by atoms with Gasteiger partial charge in [0.05, 0.1) is 24.5 Å². The molecule has 1 aliphatic carbocycles. The molecule has 1 aromatic carbocycles. The molecule has 1 aliphatic heterocycles. The normalized spacial score (nSPS) is 21.3. The second kappa shape index (κ2) is 7.50.